The zero-order valence-corrected chi connectivity index (χ0v) is 14.4. The fourth-order valence-corrected chi connectivity index (χ4v) is 3.77. The number of aromatic nitrogens is 1. The number of pyridine rings is 1. The lowest BCUT2D eigenvalue weighted by atomic mass is 9.95. The highest BCUT2D eigenvalue weighted by Crippen LogP contribution is 2.24. The summed E-state index contributed by atoms with van der Waals surface area (Å²) in [4.78, 5) is 19.9. The molecule has 3 heterocycles. The standard InChI is InChI=1S/C17H20ClN3OS/c18-16-12-14(3-7-19-16)21-9-5-13(6-10-21)17(22)20-8-4-15-2-1-11-23-15/h1-3,7,11-13H,4-6,8-10H2,(H,20,22). The molecular weight excluding hydrogens is 330 g/mol. The first-order chi connectivity index (χ1) is 11.2. The SMILES string of the molecule is O=C(NCCc1cccs1)C1CCN(c2ccnc(Cl)c2)CC1. The van der Waals surface area contributed by atoms with Gasteiger partial charge in [-0.05, 0) is 42.8 Å². The molecule has 23 heavy (non-hydrogen) atoms. The molecule has 1 fully saturated rings. The Hall–Kier alpha value is -1.59. The largest absolute Gasteiger partial charge is 0.371 e. The van der Waals surface area contributed by atoms with E-state index in [4.69, 9.17) is 11.6 Å². The van der Waals surface area contributed by atoms with Crippen LogP contribution >= 0.6 is 22.9 Å². The molecule has 4 nitrogen and oxygen atoms in total. The molecule has 6 heteroatoms. The summed E-state index contributed by atoms with van der Waals surface area (Å²) < 4.78 is 0. The summed E-state index contributed by atoms with van der Waals surface area (Å²) in [5.74, 6) is 0.306. The Labute approximate surface area is 145 Å². The van der Waals surface area contributed by atoms with E-state index >= 15 is 0 Å². The Morgan fingerprint density at radius 3 is 2.91 bits per heavy atom. The van der Waals surface area contributed by atoms with Gasteiger partial charge < -0.3 is 10.2 Å². The molecule has 2 aromatic heterocycles. The van der Waals surface area contributed by atoms with Gasteiger partial charge in [0.1, 0.15) is 5.15 Å². The fraction of sp³-hybridized carbons (Fsp3) is 0.412. The molecule has 0 aromatic carbocycles. The van der Waals surface area contributed by atoms with E-state index in [1.807, 2.05) is 18.2 Å². The molecule has 0 bridgehead atoms. The summed E-state index contributed by atoms with van der Waals surface area (Å²) in [6, 6.07) is 7.99. The van der Waals surface area contributed by atoms with Crippen LogP contribution in [0.1, 0.15) is 17.7 Å². The average molecular weight is 350 g/mol. The molecule has 1 saturated heterocycles. The lowest BCUT2D eigenvalue weighted by molar-refractivity contribution is -0.125. The van der Waals surface area contributed by atoms with Crippen molar-refractivity contribution in [1.29, 1.82) is 0 Å². The number of hydrogen-bond donors (Lipinski definition) is 1. The Balaban J connectivity index is 1.44. The van der Waals surface area contributed by atoms with E-state index in [1.165, 1.54) is 4.88 Å². The maximum absolute atomic E-state index is 12.3. The first kappa shape index (κ1) is 16.3. The maximum atomic E-state index is 12.3. The predicted molar refractivity (Wildman–Crippen MR) is 95.2 cm³/mol. The molecule has 1 aliphatic heterocycles. The van der Waals surface area contributed by atoms with Crippen LogP contribution in [0.2, 0.25) is 5.15 Å². The van der Waals surface area contributed by atoms with Gasteiger partial charge in [-0.25, -0.2) is 4.98 Å². The van der Waals surface area contributed by atoms with Gasteiger partial charge in [0.25, 0.3) is 0 Å². The number of thiophene rings is 1. The molecule has 0 atom stereocenters. The molecule has 0 aliphatic carbocycles. The van der Waals surface area contributed by atoms with Crippen LogP contribution in [-0.2, 0) is 11.2 Å². The van der Waals surface area contributed by atoms with Crippen LogP contribution in [0, 0.1) is 5.92 Å². The van der Waals surface area contributed by atoms with Gasteiger partial charge in [0.15, 0.2) is 0 Å². The second-order valence-corrected chi connectivity index (χ2v) is 7.14. The molecule has 0 spiro atoms. The Morgan fingerprint density at radius 2 is 2.22 bits per heavy atom. The molecular formula is C17H20ClN3OS. The third-order valence-corrected chi connectivity index (χ3v) is 5.33. The number of halogens is 1. The fourth-order valence-electron chi connectivity index (χ4n) is 2.90. The summed E-state index contributed by atoms with van der Waals surface area (Å²) in [7, 11) is 0. The number of carbonyl (C=O) groups excluding carboxylic acids is 1. The Morgan fingerprint density at radius 1 is 1.39 bits per heavy atom. The van der Waals surface area contributed by atoms with E-state index in [9.17, 15) is 4.79 Å². The van der Waals surface area contributed by atoms with Crippen molar-refractivity contribution in [2.24, 2.45) is 5.92 Å². The molecule has 0 radical (unpaired) electrons. The smallest absolute Gasteiger partial charge is 0.223 e. The highest BCUT2D eigenvalue weighted by Gasteiger charge is 2.24. The third-order valence-electron chi connectivity index (χ3n) is 4.19. The van der Waals surface area contributed by atoms with Crippen LogP contribution in [0.25, 0.3) is 0 Å². The zero-order valence-electron chi connectivity index (χ0n) is 12.9. The third kappa shape index (κ3) is 4.45. The second-order valence-electron chi connectivity index (χ2n) is 5.72. The normalized spacial score (nSPS) is 15.6. The van der Waals surface area contributed by atoms with Crippen LogP contribution in [0.5, 0.6) is 0 Å². The minimum atomic E-state index is 0.117. The van der Waals surface area contributed by atoms with Crippen molar-refractivity contribution >= 4 is 34.5 Å². The van der Waals surface area contributed by atoms with Crippen LogP contribution < -0.4 is 10.2 Å². The topological polar surface area (TPSA) is 45.2 Å². The summed E-state index contributed by atoms with van der Waals surface area (Å²) in [6.07, 6.45) is 4.40. The van der Waals surface area contributed by atoms with Crippen molar-refractivity contribution in [2.45, 2.75) is 19.3 Å². The molecule has 1 aliphatic rings. The minimum absolute atomic E-state index is 0.117. The van der Waals surface area contributed by atoms with E-state index in [1.54, 1.807) is 17.5 Å². The molecule has 1 N–H and O–H groups in total. The van der Waals surface area contributed by atoms with Gasteiger partial charge in [-0.3, -0.25) is 4.79 Å². The molecule has 3 rings (SSSR count). The number of anilines is 1. The molecule has 0 saturated carbocycles. The monoisotopic (exact) mass is 349 g/mol. The summed E-state index contributed by atoms with van der Waals surface area (Å²) in [5.41, 5.74) is 1.08. The number of carbonyl (C=O) groups is 1. The molecule has 122 valence electrons. The number of nitrogens with one attached hydrogen (secondary N) is 1. The van der Waals surface area contributed by atoms with Crippen molar-refractivity contribution in [3.05, 3.63) is 45.9 Å². The van der Waals surface area contributed by atoms with Gasteiger partial charge in [-0.2, -0.15) is 0 Å². The van der Waals surface area contributed by atoms with Gasteiger partial charge in [0.2, 0.25) is 5.91 Å². The Kier molecular flexibility index (Phi) is 5.51. The van der Waals surface area contributed by atoms with Gasteiger partial charge >= 0.3 is 0 Å². The van der Waals surface area contributed by atoms with Gasteiger partial charge in [0.05, 0.1) is 0 Å². The molecule has 0 unspecified atom stereocenters. The van der Waals surface area contributed by atoms with E-state index in [0.717, 1.165) is 44.6 Å². The van der Waals surface area contributed by atoms with Crippen molar-refractivity contribution in [3.63, 3.8) is 0 Å². The summed E-state index contributed by atoms with van der Waals surface area (Å²) in [6.45, 7) is 2.48. The zero-order chi connectivity index (χ0) is 16.1. The van der Waals surface area contributed by atoms with Crippen LogP contribution in [0.4, 0.5) is 5.69 Å². The highest BCUT2D eigenvalue weighted by molar-refractivity contribution is 7.09. The molecule has 1 amide bonds. The van der Waals surface area contributed by atoms with Crippen LogP contribution in [0.15, 0.2) is 35.8 Å². The predicted octanol–water partition coefficient (Wildman–Crippen LogP) is 3.37. The average Bonchev–Trinajstić information content (AvgIpc) is 3.08. The van der Waals surface area contributed by atoms with Crippen molar-refractivity contribution < 1.29 is 4.79 Å². The van der Waals surface area contributed by atoms with Crippen molar-refractivity contribution in [3.8, 4) is 0 Å². The maximum Gasteiger partial charge on any atom is 0.223 e. The van der Waals surface area contributed by atoms with Crippen molar-refractivity contribution in [1.82, 2.24) is 10.3 Å². The van der Waals surface area contributed by atoms with Gasteiger partial charge in [-0.15, -0.1) is 11.3 Å². The lowest BCUT2D eigenvalue weighted by Gasteiger charge is -2.33. The van der Waals surface area contributed by atoms with Crippen LogP contribution in [-0.4, -0.2) is 30.5 Å². The Bertz CT molecular complexity index is 639. The minimum Gasteiger partial charge on any atom is -0.371 e. The van der Waals surface area contributed by atoms with E-state index < -0.39 is 0 Å². The lowest BCUT2D eigenvalue weighted by Crippen LogP contribution is -2.41. The quantitative estimate of drug-likeness (QED) is 0.842. The molecule has 2 aromatic rings. The number of nitrogens with zero attached hydrogens (tertiary/aromatic N) is 2. The number of amides is 1. The van der Waals surface area contributed by atoms with E-state index in [-0.39, 0.29) is 11.8 Å². The van der Waals surface area contributed by atoms with E-state index in [2.05, 4.69) is 26.6 Å². The number of rotatable bonds is 5. The van der Waals surface area contributed by atoms with Crippen LogP contribution in [0.3, 0.4) is 0 Å². The van der Waals surface area contributed by atoms with E-state index in [0.29, 0.717) is 5.15 Å². The first-order valence-corrected chi connectivity index (χ1v) is 9.15. The number of piperidine rings is 1. The first-order valence-electron chi connectivity index (χ1n) is 7.89. The number of hydrogen-bond acceptors (Lipinski definition) is 4. The summed E-state index contributed by atoms with van der Waals surface area (Å²) >= 11 is 7.68. The van der Waals surface area contributed by atoms with Gasteiger partial charge in [0, 0.05) is 42.3 Å². The highest BCUT2D eigenvalue weighted by atomic mass is 35.5. The van der Waals surface area contributed by atoms with Gasteiger partial charge in [-0.1, -0.05) is 17.7 Å². The van der Waals surface area contributed by atoms with Crippen molar-refractivity contribution in [2.75, 3.05) is 24.5 Å². The second kappa shape index (κ2) is 7.79. The summed E-state index contributed by atoms with van der Waals surface area (Å²) in [5, 5.41) is 5.65.